The number of likely N-dealkylation sites (tertiary alicyclic amines) is 1. The highest BCUT2D eigenvalue weighted by molar-refractivity contribution is 5.97. The molecule has 126 valence electrons. The smallest absolute Gasteiger partial charge is 0.272 e. The fourth-order valence-electron chi connectivity index (χ4n) is 4.10. The second-order valence-electron chi connectivity index (χ2n) is 7.74. The topological polar surface area (TPSA) is 58.4 Å². The van der Waals surface area contributed by atoms with Crippen LogP contribution < -0.4 is 0 Å². The molecule has 0 bridgehead atoms. The van der Waals surface area contributed by atoms with Crippen LogP contribution in [0.15, 0.2) is 12.5 Å². The van der Waals surface area contributed by atoms with Gasteiger partial charge >= 0.3 is 0 Å². The number of hydrogen-bond acceptors (Lipinski definition) is 4. The molecule has 2 heterocycles. The quantitative estimate of drug-likeness (QED) is 0.817. The Bertz CT molecular complexity index is 634. The lowest BCUT2D eigenvalue weighted by Gasteiger charge is -2.29. The number of nitrogens with zero attached hydrogens (tertiary/aromatic N) is 4. The maximum absolute atomic E-state index is 13.0. The van der Waals surface area contributed by atoms with Crippen molar-refractivity contribution in [3.8, 4) is 0 Å². The van der Waals surface area contributed by atoms with Crippen molar-refractivity contribution >= 4 is 11.7 Å². The zero-order valence-electron chi connectivity index (χ0n) is 14.6. The summed E-state index contributed by atoms with van der Waals surface area (Å²) in [6.45, 7) is 8.23. The maximum atomic E-state index is 13.0. The number of piperidine rings is 1. The summed E-state index contributed by atoms with van der Waals surface area (Å²) in [7, 11) is 4.00. The first-order chi connectivity index (χ1) is 10.7. The van der Waals surface area contributed by atoms with Crippen molar-refractivity contribution in [2.75, 3.05) is 27.2 Å². The summed E-state index contributed by atoms with van der Waals surface area (Å²) in [6.07, 6.45) is 3.31. The average Bonchev–Trinajstić information content (AvgIpc) is 2.93. The number of amides is 1. The van der Waals surface area contributed by atoms with E-state index in [0.717, 1.165) is 6.54 Å². The molecule has 3 rings (SSSR count). The molecule has 0 aromatic carbocycles. The van der Waals surface area contributed by atoms with Gasteiger partial charge in [0.25, 0.3) is 5.91 Å². The van der Waals surface area contributed by atoms with E-state index in [0.29, 0.717) is 30.6 Å². The third-order valence-electron chi connectivity index (χ3n) is 5.61. The van der Waals surface area contributed by atoms with Crippen molar-refractivity contribution in [2.24, 2.45) is 17.3 Å². The van der Waals surface area contributed by atoms with Crippen LogP contribution in [0.4, 0.5) is 0 Å². The molecule has 0 spiro atoms. The summed E-state index contributed by atoms with van der Waals surface area (Å²) in [5.74, 6) is 0.779. The summed E-state index contributed by atoms with van der Waals surface area (Å²) in [5, 5.41) is 0. The van der Waals surface area contributed by atoms with Crippen molar-refractivity contribution in [3.05, 3.63) is 18.2 Å². The minimum absolute atomic E-state index is 0.0653. The van der Waals surface area contributed by atoms with Crippen LogP contribution in [0.25, 0.3) is 0 Å². The van der Waals surface area contributed by atoms with Crippen LogP contribution in [0.3, 0.4) is 0 Å². The van der Waals surface area contributed by atoms with E-state index in [9.17, 15) is 9.59 Å². The Kier molecular flexibility index (Phi) is 3.83. The molecule has 1 aromatic heterocycles. The van der Waals surface area contributed by atoms with Gasteiger partial charge in [0.2, 0.25) is 0 Å². The molecule has 1 amide bonds. The second kappa shape index (κ2) is 5.44. The van der Waals surface area contributed by atoms with Gasteiger partial charge in [-0.25, -0.2) is 4.98 Å². The standard InChI is InChI=1S/C17H26N4O2/c1-11(22)15-14-12(17(14,2)3)9-21(15)16(23)13-8-18-10-20(13)7-6-19(4)5/h8,10,12,14-15H,6-7,9H2,1-5H3/t12?,14-,15+/m0/s1. The molecule has 1 aromatic rings. The number of Topliss-reactive ketones (excluding diaryl/α,β-unsaturated/α-hetero) is 1. The van der Waals surface area contributed by atoms with Crippen molar-refractivity contribution in [1.29, 1.82) is 0 Å². The van der Waals surface area contributed by atoms with Crippen molar-refractivity contribution in [2.45, 2.75) is 33.4 Å². The third kappa shape index (κ3) is 2.59. The number of imidazole rings is 1. The van der Waals surface area contributed by atoms with Crippen LogP contribution in [0.2, 0.25) is 0 Å². The Morgan fingerprint density at radius 3 is 2.70 bits per heavy atom. The van der Waals surface area contributed by atoms with Crippen molar-refractivity contribution < 1.29 is 9.59 Å². The summed E-state index contributed by atoms with van der Waals surface area (Å²) in [4.78, 5) is 33.1. The summed E-state index contributed by atoms with van der Waals surface area (Å²) in [6, 6.07) is -0.278. The molecule has 1 unspecified atom stereocenters. The van der Waals surface area contributed by atoms with Crippen LogP contribution in [-0.2, 0) is 11.3 Å². The van der Waals surface area contributed by atoms with Gasteiger partial charge in [0.1, 0.15) is 5.69 Å². The molecule has 2 fully saturated rings. The van der Waals surface area contributed by atoms with Gasteiger partial charge in [0.05, 0.1) is 18.6 Å². The van der Waals surface area contributed by atoms with Crippen LogP contribution in [0, 0.1) is 17.3 Å². The number of likely N-dealkylation sites (N-methyl/N-ethyl adjacent to an activating group) is 1. The number of rotatable bonds is 5. The SMILES string of the molecule is CC(=O)[C@@H]1[C@@H]2C(CN1C(=O)c1cncn1CCN(C)C)C2(C)C. The minimum Gasteiger partial charge on any atom is -0.327 e. The molecule has 2 aliphatic rings. The Morgan fingerprint density at radius 1 is 1.39 bits per heavy atom. The molecule has 1 saturated carbocycles. The monoisotopic (exact) mass is 318 g/mol. The largest absolute Gasteiger partial charge is 0.327 e. The lowest BCUT2D eigenvalue weighted by atomic mass is 9.98. The fourth-order valence-corrected chi connectivity index (χ4v) is 4.10. The first kappa shape index (κ1) is 16.2. The molecule has 6 nitrogen and oxygen atoms in total. The van der Waals surface area contributed by atoms with E-state index in [1.807, 2.05) is 18.7 Å². The van der Waals surface area contributed by atoms with E-state index in [2.05, 4.69) is 23.7 Å². The molecule has 1 aliphatic carbocycles. The van der Waals surface area contributed by atoms with Crippen molar-refractivity contribution in [1.82, 2.24) is 19.4 Å². The maximum Gasteiger partial charge on any atom is 0.272 e. The number of fused-ring (bicyclic) bond motifs is 1. The normalized spacial score (nSPS) is 28.1. The van der Waals surface area contributed by atoms with E-state index in [4.69, 9.17) is 0 Å². The van der Waals surface area contributed by atoms with Gasteiger partial charge in [-0.3, -0.25) is 9.59 Å². The van der Waals surface area contributed by atoms with Gasteiger partial charge in [0.15, 0.2) is 5.78 Å². The molecular weight excluding hydrogens is 292 g/mol. The van der Waals surface area contributed by atoms with Gasteiger partial charge in [-0.15, -0.1) is 0 Å². The van der Waals surface area contributed by atoms with Crippen molar-refractivity contribution in [3.63, 3.8) is 0 Å². The number of aromatic nitrogens is 2. The third-order valence-corrected chi connectivity index (χ3v) is 5.61. The van der Waals surface area contributed by atoms with Gasteiger partial charge in [-0.2, -0.15) is 0 Å². The Hall–Kier alpha value is -1.69. The second-order valence-corrected chi connectivity index (χ2v) is 7.74. The first-order valence-electron chi connectivity index (χ1n) is 8.21. The fraction of sp³-hybridized carbons (Fsp3) is 0.706. The summed E-state index contributed by atoms with van der Waals surface area (Å²) >= 11 is 0. The zero-order chi connectivity index (χ0) is 16.9. The average molecular weight is 318 g/mol. The van der Waals surface area contributed by atoms with Crippen LogP contribution in [0.5, 0.6) is 0 Å². The van der Waals surface area contributed by atoms with E-state index >= 15 is 0 Å². The predicted molar refractivity (Wildman–Crippen MR) is 87.0 cm³/mol. The molecule has 23 heavy (non-hydrogen) atoms. The highest BCUT2D eigenvalue weighted by Gasteiger charge is 2.68. The highest BCUT2D eigenvalue weighted by atomic mass is 16.2. The lowest BCUT2D eigenvalue weighted by Crippen LogP contribution is -2.45. The van der Waals surface area contributed by atoms with Crippen LogP contribution in [0.1, 0.15) is 31.3 Å². The Labute approximate surface area is 137 Å². The highest BCUT2D eigenvalue weighted by Crippen LogP contribution is 2.65. The number of carbonyl (C=O) groups is 2. The van der Waals surface area contributed by atoms with Gasteiger partial charge in [-0.1, -0.05) is 13.8 Å². The van der Waals surface area contributed by atoms with Crippen LogP contribution >= 0.6 is 0 Å². The molecule has 0 radical (unpaired) electrons. The first-order valence-corrected chi connectivity index (χ1v) is 8.21. The molecule has 0 N–H and O–H groups in total. The van der Waals surface area contributed by atoms with E-state index in [1.165, 1.54) is 0 Å². The van der Waals surface area contributed by atoms with E-state index in [-0.39, 0.29) is 23.1 Å². The summed E-state index contributed by atoms with van der Waals surface area (Å²) < 4.78 is 1.88. The minimum atomic E-state index is -0.278. The molecule has 1 aliphatic heterocycles. The van der Waals surface area contributed by atoms with Crippen LogP contribution in [-0.4, -0.2) is 64.3 Å². The zero-order valence-corrected chi connectivity index (χ0v) is 14.6. The van der Waals surface area contributed by atoms with Gasteiger partial charge in [0, 0.05) is 19.6 Å². The van der Waals surface area contributed by atoms with Gasteiger partial charge < -0.3 is 14.4 Å². The van der Waals surface area contributed by atoms with Gasteiger partial charge in [-0.05, 0) is 38.3 Å². The summed E-state index contributed by atoms with van der Waals surface area (Å²) in [5.41, 5.74) is 0.760. The van der Waals surface area contributed by atoms with E-state index < -0.39 is 0 Å². The number of carbonyl (C=O) groups excluding carboxylic acids is 2. The molecular formula is C17H26N4O2. The number of ketones is 1. The Balaban J connectivity index is 1.79. The molecule has 1 saturated heterocycles. The van der Waals surface area contributed by atoms with E-state index in [1.54, 1.807) is 24.3 Å². The Morgan fingerprint density at radius 2 is 2.09 bits per heavy atom. The lowest BCUT2D eigenvalue weighted by molar-refractivity contribution is -0.121. The molecule has 6 heteroatoms. The predicted octanol–water partition coefficient (Wildman–Crippen LogP) is 1.13. The number of hydrogen-bond donors (Lipinski definition) is 0. The molecule has 3 atom stereocenters.